The van der Waals surface area contributed by atoms with Gasteiger partial charge in [-0.1, -0.05) is 6.42 Å². The van der Waals surface area contributed by atoms with Crippen molar-refractivity contribution in [1.82, 2.24) is 10.2 Å². The van der Waals surface area contributed by atoms with Crippen molar-refractivity contribution in [3.63, 3.8) is 0 Å². The number of ether oxygens (including phenoxy) is 1. The molecule has 1 aliphatic rings. The second kappa shape index (κ2) is 7.27. The first-order valence-electron chi connectivity index (χ1n) is 6.27. The molecule has 0 saturated carbocycles. The van der Waals surface area contributed by atoms with Crippen LogP contribution in [0, 0.1) is 0 Å². The summed E-state index contributed by atoms with van der Waals surface area (Å²) in [6.07, 6.45) is 3.42. The highest BCUT2D eigenvalue weighted by Crippen LogP contribution is 2.18. The fourth-order valence-corrected chi connectivity index (χ4v) is 2.19. The van der Waals surface area contributed by atoms with Crippen molar-refractivity contribution in [3.8, 4) is 0 Å². The van der Waals surface area contributed by atoms with Crippen LogP contribution in [0.4, 0.5) is 0 Å². The van der Waals surface area contributed by atoms with Gasteiger partial charge in [0, 0.05) is 19.5 Å². The minimum absolute atomic E-state index is 0.0432. The van der Waals surface area contributed by atoms with Crippen LogP contribution in [0.25, 0.3) is 0 Å². The standard InChI is InChI=1S/C12H22N2O3/c1-3-13-11(15)7-9-14-8-5-4-6-10(14)12(16)17-2/h10H,3-9H2,1-2H3,(H,13,15). The number of nitrogens with zero attached hydrogens (tertiary/aromatic N) is 1. The summed E-state index contributed by atoms with van der Waals surface area (Å²) in [6.45, 7) is 4.06. The molecule has 1 N–H and O–H groups in total. The lowest BCUT2D eigenvalue weighted by Crippen LogP contribution is -2.46. The van der Waals surface area contributed by atoms with E-state index in [-0.39, 0.29) is 17.9 Å². The third-order valence-corrected chi connectivity index (χ3v) is 3.09. The molecule has 1 saturated heterocycles. The minimum Gasteiger partial charge on any atom is -0.468 e. The van der Waals surface area contributed by atoms with Crippen molar-refractivity contribution < 1.29 is 14.3 Å². The molecule has 0 bridgehead atoms. The van der Waals surface area contributed by atoms with Crippen molar-refractivity contribution >= 4 is 11.9 Å². The molecule has 98 valence electrons. The summed E-state index contributed by atoms with van der Waals surface area (Å²) >= 11 is 0. The number of carbonyl (C=O) groups is 2. The number of likely N-dealkylation sites (tertiary alicyclic amines) is 1. The summed E-state index contributed by atoms with van der Waals surface area (Å²) in [6, 6.07) is -0.164. The molecule has 5 nitrogen and oxygen atoms in total. The van der Waals surface area contributed by atoms with Crippen LogP contribution >= 0.6 is 0 Å². The Kier molecular flexibility index (Phi) is 5.97. The van der Waals surface area contributed by atoms with Crippen molar-refractivity contribution in [2.45, 2.75) is 38.6 Å². The molecule has 1 aliphatic heterocycles. The molecule has 1 unspecified atom stereocenters. The molecule has 0 aromatic carbocycles. The topological polar surface area (TPSA) is 58.6 Å². The van der Waals surface area contributed by atoms with Gasteiger partial charge in [0.2, 0.25) is 5.91 Å². The Morgan fingerprint density at radius 2 is 2.18 bits per heavy atom. The van der Waals surface area contributed by atoms with Gasteiger partial charge in [0.1, 0.15) is 6.04 Å². The van der Waals surface area contributed by atoms with Gasteiger partial charge in [0.15, 0.2) is 0 Å². The zero-order valence-corrected chi connectivity index (χ0v) is 10.7. The number of carbonyl (C=O) groups excluding carboxylic acids is 2. The normalized spacial score (nSPS) is 20.9. The first kappa shape index (κ1) is 14.0. The highest BCUT2D eigenvalue weighted by atomic mass is 16.5. The Bertz CT molecular complexity index is 268. The minimum atomic E-state index is -0.180. The van der Waals surface area contributed by atoms with Gasteiger partial charge in [-0.15, -0.1) is 0 Å². The molecule has 0 aliphatic carbocycles. The smallest absolute Gasteiger partial charge is 0.323 e. The molecule has 1 atom stereocenters. The molecular formula is C12H22N2O3. The molecule has 1 heterocycles. The average Bonchev–Trinajstić information content (AvgIpc) is 2.36. The van der Waals surface area contributed by atoms with E-state index in [1.54, 1.807) is 0 Å². The average molecular weight is 242 g/mol. The fourth-order valence-electron chi connectivity index (χ4n) is 2.19. The summed E-state index contributed by atoms with van der Waals surface area (Å²) in [4.78, 5) is 25.0. The van der Waals surface area contributed by atoms with Gasteiger partial charge in [-0.25, -0.2) is 0 Å². The molecule has 17 heavy (non-hydrogen) atoms. The number of piperidine rings is 1. The quantitative estimate of drug-likeness (QED) is 0.715. The van der Waals surface area contributed by atoms with Gasteiger partial charge in [-0.3, -0.25) is 14.5 Å². The number of hydrogen-bond donors (Lipinski definition) is 1. The third-order valence-electron chi connectivity index (χ3n) is 3.09. The van der Waals surface area contributed by atoms with Crippen LogP contribution in [0.1, 0.15) is 32.6 Å². The summed E-state index contributed by atoms with van der Waals surface area (Å²) in [5.74, 6) is -0.137. The maximum absolute atomic E-state index is 11.6. The van der Waals surface area contributed by atoms with Crippen molar-refractivity contribution in [1.29, 1.82) is 0 Å². The van der Waals surface area contributed by atoms with E-state index >= 15 is 0 Å². The molecule has 5 heteroatoms. The maximum atomic E-state index is 11.6. The van der Waals surface area contributed by atoms with Crippen LogP contribution in [0.5, 0.6) is 0 Å². The SMILES string of the molecule is CCNC(=O)CCN1CCCCC1C(=O)OC. The van der Waals surface area contributed by atoms with Crippen LogP contribution in [-0.4, -0.2) is 49.6 Å². The Labute approximate surface area is 102 Å². The Morgan fingerprint density at radius 1 is 1.41 bits per heavy atom. The number of amides is 1. The highest BCUT2D eigenvalue weighted by Gasteiger charge is 2.29. The second-order valence-corrected chi connectivity index (χ2v) is 4.27. The summed E-state index contributed by atoms with van der Waals surface area (Å²) in [5.41, 5.74) is 0. The predicted octanol–water partition coefficient (Wildman–Crippen LogP) is 0.540. The number of nitrogens with one attached hydrogen (secondary N) is 1. The Balaban J connectivity index is 2.42. The molecule has 1 fully saturated rings. The lowest BCUT2D eigenvalue weighted by molar-refractivity contribution is -0.148. The van der Waals surface area contributed by atoms with Crippen LogP contribution < -0.4 is 5.32 Å². The van der Waals surface area contributed by atoms with Gasteiger partial charge in [0.05, 0.1) is 7.11 Å². The monoisotopic (exact) mass is 242 g/mol. The molecule has 1 rings (SSSR count). The third kappa shape index (κ3) is 4.34. The number of methoxy groups -OCH3 is 1. The zero-order chi connectivity index (χ0) is 12.7. The first-order valence-corrected chi connectivity index (χ1v) is 6.27. The van der Waals surface area contributed by atoms with Gasteiger partial charge >= 0.3 is 5.97 Å². The molecule has 0 spiro atoms. The summed E-state index contributed by atoms with van der Waals surface area (Å²) < 4.78 is 4.79. The van der Waals surface area contributed by atoms with Crippen molar-refractivity contribution in [2.24, 2.45) is 0 Å². The van der Waals surface area contributed by atoms with Crippen LogP contribution in [0.3, 0.4) is 0 Å². The Hall–Kier alpha value is -1.10. The van der Waals surface area contributed by atoms with E-state index in [1.807, 2.05) is 6.92 Å². The lowest BCUT2D eigenvalue weighted by atomic mass is 10.0. The Morgan fingerprint density at radius 3 is 2.82 bits per heavy atom. The first-order chi connectivity index (χ1) is 8.19. The number of rotatable bonds is 5. The van der Waals surface area contributed by atoms with Gasteiger partial charge in [-0.05, 0) is 26.3 Å². The fraction of sp³-hybridized carbons (Fsp3) is 0.833. The molecule has 1 amide bonds. The number of esters is 1. The summed E-state index contributed by atoms with van der Waals surface area (Å²) in [5, 5.41) is 2.76. The highest BCUT2D eigenvalue weighted by molar-refractivity contribution is 5.77. The van der Waals surface area contributed by atoms with Crippen LogP contribution in [0.2, 0.25) is 0 Å². The molecule has 0 aromatic heterocycles. The van der Waals surface area contributed by atoms with Crippen LogP contribution in [0.15, 0.2) is 0 Å². The zero-order valence-electron chi connectivity index (χ0n) is 10.7. The molecular weight excluding hydrogens is 220 g/mol. The lowest BCUT2D eigenvalue weighted by Gasteiger charge is -2.33. The number of hydrogen-bond acceptors (Lipinski definition) is 4. The van der Waals surface area contributed by atoms with E-state index in [0.717, 1.165) is 25.8 Å². The van der Waals surface area contributed by atoms with E-state index in [2.05, 4.69) is 10.2 Å². The van der Waals surface area contributed by atoms with E-state index in [1.165, 1.54) is 7.11 Å². The van der Waals surface area contributed by atoms with E-state index in [0.29, 0.717) is 19.5 Å². The molecule has 0 radical (unpaired) electrons. The largest absolute Gasteiger partial charge is 0.468 e. The van der Waals surface area contributed by atoms with E-state index in [4.69, 9.17) is 4.74 Å². The second-order valence-electron chi connectivity index (χ2n) is 4.27. The molecule has 0 aromatic rings. The van der Waals surface area contributed by atoms with Crippen LogP contribution in [-0.2, 0) is 14.3 Å². The van der Waals surface area contributed by atoms with Crippen molar-refractivity contribution in [3.05, 3.63) is 0 Å². The van der Waals surface area contributed by atoms with E-state index < -0.39 is 0 Å². The van der Waals surface area contributed by atoms with Gasteiger partial charge in [-0.2, -0.15) is 0 Å². The summed E-state index contributed by atoms with van der Waals surface area (Å²) in [7, 11) is 1.42. The van der Waals surface area contributed by atoms with Crippen molar-refractivity contribution in [2.75, 3.05) is 26.7 Å². The predicted molar refractivity (Wildman–Crippen MR) is 64.5 cm³/mol. The van der Waals surface area contributed by atoms with E-state index in [9.17, 15) is 9.59 Å². The van der Waals surface area contributed by atoms with Gasteiger partial charge in [0.25, 0.3) is 0 Å². The maximum Gasteiger partial charge on any atom is 0.323 e. The van der Waals surface area contributed by atoms with Gasteiger partial charge < -0.3 is 10.1 Å².